The van der Waals surface area contributed by atoms with E-state index in [1.54, 1.807) is 0 Å². The van der Waals surface area contributed by atoms with Crippen molar-refractivity contribution in [2.75, 3.05) is 6.54 Å². The molecule has 4 rings (SSSR count). The number of hydrogen-bond donors (Lipinski definition) is 2. The van der Waals surface area contributed by atoms with Gasteiger partial charge in [-0.2, -0.15) is 0 Å². The van der Waals surface area contributed by atoms with Crippen LogP contribution in [0.1, 0.15) is 48.2 Å². The van der Waals surface area contributed by atoms with Crippen LogP contribution in [-0.2, 0) is 4.79 Å². The molecule has 1 saturated carbocycles. The summed E-state index contributed by atoms with van der Waals surface area (Å²) in [4.78, 5) is 15.8. The van der Waals surface area contributed by atoms with Gasteiger partial charge in [0.05, 0.1) is 11.4 Å². The molecule has 1 aromatic carbocycles. The van der Waals surface area contributed by atoms with Crippen molar-refractivity contribution in [1.29, 1.82) is 0 Å². The van der Waals surface area contributed by atoms with Crippen molar-refractivity contribution in [2.45, 2.75) is 43.8 Å². The minimum absolute atomic E-state index is 0.0913. The second-order valence-corrected chi connectivity index (χ2v) is 7.64. The molecule has 0 radical (unpaired) electrons. The van der Waals surface area contributed by atoms with Crippen LogP contribution in [0, 0.1) is 0 Å². The van der Waals surface area contributed by atoms with Crippen LogP contribution in [0.2, 0.25) is 0 Å². The Kier molecular flexibility index (Phi) is 4.19. The van der Waals surface area contributed by atoms with E-state index in [2.05, 4.69) is 35.0 Å². The summed E-state index contributed by atoms with van der Waals surface area (Å²) >= 11 is 1.82. The van der Waals surface area contributed by atoms with Crippen molar-refractivity contribution in [3.8, 4) is 0 Å². The molecule has 4 heteroatoms. The summed E-state index contributed by atoms with van der Waals surface area (Å²) in [6, 6.07) is 15.4. The molecule has 2 aliphatic rings. The highest BCUT2D eigenvalue weighted by molar-refractivity contribution is 7.10. The first kappa shape index (κ1) is 14.9. The van der Waals surface area contributed by atoms with Gasteiger partial charge < -0.3 is 10.2 Å². The second kappa shape index (κ2) is 6.46. The van der Waals surface area contributed by atoms with Crippen LogP contribution in [0.4, 0.5) is 0 Å². The SMILES string of the molecule is O=C(NC1CC1)[C@@H](c1ccccc1)[NH+]1CCC[C@@H]1c1cccs1. The van der Waals surface area contributed by atoms with Crippen LogP contribution >= 0.6 is 11.3 Å². The van der Waals surface area contributed by atoms with Crippen LogP contribution in [-0.4, -0.2) is 18.5 Å². The van der Waals surface area contributed by atoms with E-state index in [4.69, 9.17) is 0 Å². The number of carbonyl (C=O) groups is 1. The highest BCUT2D eigenvalue weighted by Crippen LogP contribution is 2.27. The van der Waals surface area contributed by atoms with E-state index in [1.165, 1.54) is 22.6 Å². The lowest BCUT2D eigenvalue weighted by Gasteiger charge is -2.29. The molecule has 1 aliphatic heterocycles. The molecule has 120 valence electrons. The van der Waals surface area contributed by atoms with Gasteiger partial charge in [0.1, 0.15) is 6.04 Å². The van der Waals surface area contributed by atoms with Crippen LogP contribution in [0.3, 0.4) is 0 Å². The Labute approximate surface area is 141 Å². The number of quaternary nitrogens is 1. The molecule has 3 atom stereocenters. The quantitative estimate of drug-likeness (QED) is 0.869. The average molecular weight is 327 g/mol. The fraction of sp³-hybridized carbons (Fsp3) is 0.421. The Morgan fingerprint density at radius 3 is 2.65 bits per heavy atom. The Morgan fingerprint density at radius 2 is 1.96 bits per heavy atom. The van der Waals surface area contributed by atoms with E-state index in [9.17, 15) is 4.79 Å². The van der Waals surface area contributed by atoms with Gasteiger partial charge in [0, 0.05) is 24.4 Å². The zero-order valence-electron chi connectivity index (χ0n) is 13.2. The lowest BCUT2D eigenvalue weighted by atomic mass is 10.0. The van der Waals surface area contributed by atoms with E-state index in [-0.39, 0.29) is 11.9 Å². The number of benzene rings is 1. The Hall–Kier alpha value is -1.65. The number of carbonyl (C=O) groups excluding carboxylic acids is 1. The standard InChI is InChI=1S/C19H22N2OS/c22-19(20-15-10-11-15)18(14-6-2-1-3-7-14)21-12-4-8-16(21)17-9-5-13-23-17/h1-3,5-7,9,13,15-16,18H,4,8,10-12H2,(H,20,22)/p+1/t16-,18-/m1/s1. The summed E-state index contributed by atoms with van der Waals surface area (Å²) in [5, 5.41) is 5.38. The molecule has 2 heterocycles. The first-order valence-electron chi connectivity index (χ1n) is 8.57. The number of amides is 1. The van der Waals surface area contributed by atoms with Crippen LogP contribution in [0.5, 0.6) is 0 Å². The molecule has 2 N–H and O–H groups in total. The van der Waals surface area contributed by atoms with Crippen molar-refractivity contribution in [2.24, 2.45) is 0 Å². The van der Waals surface area contributed by atoms with E-state index in [0.29, 0.717) is 12.1 Å². The highest BCUT2D eigenvalue weighted by Gasteiger charge is 2.42. The third-order valence-corrected chi connectivity index (χ3v) is 5.97. The maximum atomic E-state index is 13.0. The van der Waals surface area contributed by atoms with Gasteiger partial charge in [-0.15, -0.1) is 11.3 Å². The van der Waals surface area contributed by atoms with Crippen LogP contribution in [0.15, 0.2) is 47.8 Å². The van der Waals surface area contributed by atoms with Gasteiger partial charge >= 0.3 is 0 Å². The second-order valence-electron chi connectivity index (χ2n) is 6.66. The lowest BCUT2D eigenvalue weighted by molar-refractivity contribution is -0.939. The molecule has 1 amide bonds. The van der Waals surface area contributed by atoms with E-state index in [1.807, 2.05) is 29.5 Å². The third kappa shape index (κ3) is 3.19. The normalized spacial score (nSPS) is 25.2. The van der Waals surface area contributed by atoms with E-state index in [0.717, 1.165) is 24.9 Å². The average Bonchev–Trinajstić information content (AvgIpc) is 3.04. The van der Waals surface area contributed by atoms with Gasteiger partial charge in [0.2, 0.25) is 0 Å². The fourth-order valence-electron chi connectivity index (χ4n) is 3.72. The minimum atomic E-state index is -0.0913. The molecule has 2 aromatic rings. The number of thiophene rings is 1. The molecular formula is C19H23N2OS+. The number of hydrogen-bond acceptors (Lipinski definition) is 2. The summed E-state index contributed by atoms with van der Waals surface area (Å²) in [6.07, 6.45) is 4.64. The Morgan fingerprint density at radius 1 is 1.13 bits per heavy atom. The third-order valence-electron chi connectivity index (χ3n) is 4.98. The predicted molar refractivity (Wildman–Crippen MR) is 92.5 cm³/mol. The fourth-order valence-corrected chi connectivity index (χ4v) is 4.63. The summed E-state index contributed by atoms with van der Waals surface area (Å²) < 4.78 is 0. The number of rotatable bonds is 5. The molecule has 1 aliphatic carbocycles. The Balaban J connectivity index is 1.64. The predicted octanol–water partition coefficient (Wildman–Crippen LogP) is 2.49. The van der Waals surface area contributed by atoms with E-state index < -0.39 is 0 Å². The van der Waals surface area contributed by atoms with Gasteiger partial charge in [-0.1, -0.05) is 36.4 Å². The molecule has 1 saturated heterocycles. The molecule has 3 nitrogen and oxygen atoms in total. The smallest absolute Gasteiger partial charge is 0.283 e. The largest absolute Gasteiger partial charge is 0.348 e. The first-order chi connectivity index (χ1) is 11.3. The molecule has 1 unspecified atom stereocenters. The summed E-state index contributed by atoms with van der Waals surface area (Å²) in [7, 11) is 0. The number of likely N-dealkylation sites (tertiary alicyclic amines) is 1. The van der Waals surface area contributed by atoms with Crippen molar-refractivity contribution < 1.29 is 9.69 Å². The van der Waals surface area contributed by atoms with Crippen molar-refractivity contribution in [3.05, 3.63) is 58.3 Å². The maximum Gasteiger partial charge on any atom is 0.283 e. The van der Waals surface area contributed by atoms with Gasteiger partial charge in [0.15, 0.2) is 6.04 Å². The zero-order valence-corrected chi connectivity index (χ0v) is 14.0. The van der Waals surface area contributed by atoms with Crippen LogP contribution < -0.4 is 10.2 Å². The van der Waals surface area contributed by atoms with Crippen molar-refractivity contribution in [1.82, 2.24) is 5.32 Å². The Bertz CT molecular complexity index is 651. The maximum absolute atomic E-state index is 13.0. The molecule has 1 aromatic heterocycles. The molecular weight excluding hydrogens is 304 g/mol. The molecule has 2 fully saturated rings. The highest BCUT2D eigenvalue weighted by atomic mass is 32.1. The van der Waals surface area contributed by atoms with Gasteiger partial charge in [-0.3, -0.25) is 4.79 Å². The summed E-state index contributed by atoms with van der Waals surface area (Å²) in [5.41, 5.74) is 1.14. The van der Waals surface area contributed by atoms with Crippen LogP contribution in [0.25, 0.3) is 0 Å². The zero-order chi connectivity index (χ0) is 15.6. The minimum Gasteiger partial charge on any atom is -0.348 e. The molecule has 23 heavy (non-hydrogen) atoms. The first-order valence-corrected chi connectivity index (χ1v) is 9.45. The van der Waals surface area contributed by atoms with E-state index >= 15 is 0 Å². The van der Waals surface area contributed by atoms with Gasteiger partial charge in [-0.25, -0.2) is 0 Å². The summed E-state index contributed by atoms with van der Waals surface area (Å²) in [5.74, 6) is 0.206. The van der Waals surface area contributed by atoms with Crippen molar-refractivity contribution in [3.63, 3.8) is 0 Å². The topological polar surface area (TPSA) is 33.5 Å². The number of nitrogens with one attached hydrogen (secondary N) is 2. The molecule has 0 spiro atoms. The summed E-state index contributed by atoms with van der Waals surface area (Å²) in [6.45, 7) is 1.07. The van der Waals surface area contributed by atoms with Crippen molar-refractivity contribution >= 4 is 17.2 Å². The van der Waals surface area contributed by atoms with Gasteiger partial charge in [0.25, 0.3) is 5.91 Å². The molecule has 0 bridgehead atoms. The van der Waals surface area contributed by atoms with Gasteiger partial charge in [-0.05, 0) is 24.3 Å². The monoisotopic (exact) mass is 327 g/mol. The lowest BCUT2D eigenvalue weighted by Crippen LogP contribution is -3.11.